The predicted octanol–water partition coefficient (Wildman–Crippen LogP) is 4.29. The predicted molar refractivity (Wildman–Crippen MR) is 242 cm³/mol. The van der Waals surface area contributed by atoms with Crippen molar-refractivity contribution in [2.75, 3.05) is 0 Å². The van der Waals surface area contributed by atoms with Crippen LogP contribution in [0, 0.1) is 29.6 Å². The molecule has 3 heterocycles. The number of carboxylic acid groups (broad SMARTS) is 1. The number of hydrogen-bond donors (Lipinski definition) is 9. The van der Waals surface area contributed by atoms with Gasteiger partial charge in [-0.2, -0.15) is 0 Å². The van der Waals surface area contributed by atoms with Crippen molar-refractivity contribution in [1.82, 2.24) is 0 Å². The van der Waals surface area contributed by atoms with Gasteiger partial charge in [-0.3, -0.25) is 9.59 Å². The largest absolute Gasteiger partial charge is 0.481 e. The summed E-state index contributed by atoms with van der Waals surface area (Å²) in [6.07, 6.45) is 13.2. The molecule has 0 amide bonds. The number of rotatable bonds is 3. The molecule has 3 aliphatic heterocycles. The van der Waals surface area contributed by atoms with Gasteiger partial charge in [-0.05, 0) is 69.6 Å². The number of hydrogen-bond acceptors (Lipinski definition) is 14. The Hall–Kier alpha value is -3.32. The number of esters is 1. The third-order valence-corrected chi connectivity index (χ3v) is 13.0. The van der Waals surface area contributed by atoms with Crippen LogP contribution in [0.15, 0.2) is 85.1 Å². The molecule has 2 fully saturated rings. The first-order chi connectivity index (χ1) is 30.2. The van der Waals surface area contributed by atoms with Gasteiger partial charge >= 0.3 is 11.9 Å². The molecule has 0 aromatic heterocycles. The van der Waals surface area contributed by atoms with Crippen LogP contribution in [0.2, 0.25) is 0 Å². The van der Waals surface area contributed by atoms with Gasteiger partial charge < -0.3 is 65.5 Å². The van der Waals surface area contributed by atoms with Crippen LogP contribution in [0.4, 0.5) is 0 Å². The molecule has 3 rings (SSSR count). The molecular weight excluding hydrogens is 827 g/mol. The van der Waals surface area contributed by atoms with Gasteiger partial charge in [-0.25, -0.2) is 0 Å². The maximum absolute atomic E-state index is 12.7. The first-order valence-corrected chi connectivity index (χ1v) is 22.9. The zero-order chi connectivity index (χ0) is 47.6. The summed E-state index contributed by atoms with van der Waals surface area (Å²) < 4.78 is 23.8. The Labute approximate surface area is 379 Å². The second-order valence-electron chi connectivity index (χ2n) is 18.2. The van der Waals surface area contributed by atoms with E-state index < -0.39 is 104 Å². The van der Waals surface area contributed by atoms with Crippen molar-refractivity contribution in [2.24, 2.45) is 35.3 Å². The number of allylic oxidation sites excluding steroid dienone is 13. The average Bonchev–Trinajstić information content (AvgIpc) is 3.21. The molecule has 15 nitrogen and oxygen atoms in total. The highest BCUT2D eigenvalue weighted by atomic mass is 16.7. The minimum Gasteiger partial charge on any atom is -0.481 e. The number of carbonyl (C=O) groups excluding carboxylic acids is 1. The van der Waals surface area contributed by atoms with Crippen LogP contribution in [0.3, 0.4) is 0 Å². The summed E-state index contributed by atoms with van der Waals surface area (Å²) in [6, 6.07) is -0.673. The molecule has 2 saturated heterocycles. The van der Waals surface area contributed by atoms with Gasteiger partial charge in [-0.15, -0.1) is 0 Å². The van der Waals surface area contributed by atoms with E-state index in [4.69, 9.17) is 24.7 Å². The molecular formula is C49H77NO14. The van der Waals surface area contributed by atoms with E-state index in [1.165, 1.54) is 0 Å². The van der Waals surface area contributed by atoms with Gasteiger partial charge in [0.05, 0.1) is 55.3 Å². The van der Waals surface area contributed by atoms with Crippen LogP contribution >= 0.6 is 0 Å². The number of aliphatic carboxylic acids is 1. The lowest BCUT2D eigenvalue weighted by Crippen LogP contribution is -2.58. The lowest BCUT2D eigenvalue weighted by Gasteiger charge is -2.45. The molecule has 15 heteroatoms. The molecule has 0 spiro atoms. The highest BCUT2D eigenvalue weighted by Gasteiger charge is 2.50. The van der Waals surface area contributed by atoms with Crippen LogP contribution in [-0.2, 0) is 28.5 Å². The Balaban J connectivity index is 1.83. The summed E-state index contributed by atoms with van der Waals surface area (Å²) >= 11 is 0. The van der Waals surface area contributed by atoms with Crippen LogP contribution in [0.1, 0.15) is 99.3 Å². The van der Waals surface area contributed by atoms with Crippen LogP contribution in [0.25, 0.3) is 0 Å². The van der Waals surface area contributed by atoms with E-state index in [1.54, 1.807) is 37.3 Å². The maximum Gasteiger partial charge on any atom is 0.311 e. The molecule has 10 N–H and O–H groups in total. The summed E-state index contributed by atoms with van der Waals surface area (Å²) in [4.78, 5) is 25.2. The van der Waals surface area contributed by atoms with E-state index in [9.17, 15) is 50.4 Å². The maximum atomic E-state index is 12.7. The monoisotopic (exact) mass is 904 g/mol. The Bertz CT molecular complexity index is 1630. The van der Waals surface area contributed by atoms with Crippen molar-refractivity contribution < 1.29 is 69.4 Å². The first kappa shape index (κ1) is 55.0. The van der Waals surface area contributed by atoms with Gasteiger partial charge in [0.25, 0.3) is 0 Å². The number of fused-ring (bicyclic) bond motifs is 2. The Morgan fingerprint density at radius 2 is 1.20 bits per heavy atom. The lowest BCUT2D eigenvalue weighted by molar-refractivity contribution is -0.306. The molecule has 362 valence electrons. The van der Waals surface area contributed by atoms with Crippen LogP contribution < -0.4 is 5.73 Å². The van der Waals surface area contributed by atoms with Gasteiger partial charge in [0.2, 0.25) is 0 Å². The fraction of sp³-hybridized carbons (Fsp3) is 0.673. The second kappa shape index (κ2) is 27.4. The van der Waals surface area contributed by atoms with Crippen molar-refractivity contribution in [3.8, 4) is 0 Å². The zero-order valence-corrected chi connectivity index (χ0v) is 38.4. The summed E-state index contributed by atoms with van der Waals surface area (Å²) in [5, 5.41) is 86.6. The number of aliphatic hydroxyl groups is 7. The fourth-order valence-electron chi connectivity index (χ4n) is 8.27. The number of carbonyl (C=O) groups is 2. The van der Waals surface area contributed by atoms with E-state index in [2.05, 4.69) is 19.9 Å². The molecule has 18 atom stereocenters. The molecule has 0 aliphatic carbocycles. The standard InChI is InChI=1S/C49H77NO14/c1-30-19-17-15-13-11-9-7-8-10-12-14-16-18-20-40(63-48-46(57)45(50)33(4)35(6)62-48)27-42-44(47(58)59)41(55)29-49(60,64-42)28-38(53)24-22-36(51)21-23-37(52)25-39(54)26-43(56)61-34(5)32(3)31(30)2/h7-20,30-42,44-46,48,51-55,57,60H,21-29,50H2,1-6H3,(H,58,59)/b8-7+,11-9+,12-10+,15-13+,16-14+,19-17+,20-18+/t30-,31+,32+,33?,34-,35?,36+,37+,38-,39+,40-,41-,42-,44+,45?,46?,48?,49+/m0/s1. The van der Waals surface area contributed by atoms with Gasteiger partial charge in [-0.1, -0.05) is 113 Å². The minimum atomic E-state index is -2.15. The Morgan fingerprint density at radius 1 is 0.672 bits per heavy atom. The van der Waals surface area contributed by atoms with E-state index >= 15 is 0 Å². The summed E-state index contributed by atoms with van der Waals surface area (Å²) in [7, 11) is 0. The van der Waals surface area contributed by atoms with Crippen molar-refractivity contribution in [3.05, 3.63) is 85.1 Å². The third kappa shape index (κ3) is 18.5. The number of carboxylic acids is 1. The van der Waals surface area contributed by atoms with E-state index in [-0.39, 0.29) is 74.7 Å². The molecule has 3 aliphatic rings. The van der Waals surface area contributed by atoms with Crippen LogP contribution in [-0.4, -0.2) is 132 Å². The first-order valence-electron chi connectivity index (χ1n) is 22.9. The Morgan fingerprint density at radius 3 is 1.78 bits per heavy atom. The van der Waals surface area contributed by atoms with E-state index in [1.807, 2.05) is 69.4 Å². The van der Waals surface area contributed by atoms with Gasteiger partial charge in [0.15, 0.2) is 12.1 Å². The van der Waals surface area contributed by atoms with E-state index in [0.717, 1.165) is 0 Å². The van der Waals surface area contributed by atoms with Crippen molar-refractivity contribution in [1.29, 1.82) is 0 Å². The number of cyclic esters (lactones) is 1. The fourth-order valence-corrected chi connectivity index (χ4v) is 8.27. The van der Waals surface area contributed by atoms with Crippen molar-refractivity contribution >= 4 is 11.9 Å². The van der Waals surface area contributed by atoms with Gasteiger partial charge in [0, 0.05) is 25.3 Å². The molecule has 0 aromatic rings. The molecule has 0 aromatic carbocycles. The summed E-state index contributed by atoms with van der Waals surface area (Å²) in [6.45, 7) is 11.7. The third-order valence-electron chi connectivity index (χ3n) is 13.0. The lowest BCUT2D eigenvalue weighted by atomic mass is 9.82. The van der Waals surface area contributed by atoms with E-state index in [0.29, 0.717) is 0 Å². The SMILES string of the molecule is CC1OC(O[C@H]2/C=C/C=C/C=C/C=C/C=C/C=C/C=C/[C@H](C)[C@@H](C)[C@@H](C)[C@H](C)OC(=O)C[C@H](O)C[C@H](O)CC[C@@H](O)CC[C@H](O)C[C@]3(O)C[C@H](O)[C@@H](C(=O)O)[C@H](C2)O3)C(O)C(N)C1C. The molecule has 64 heavy (non-hydrogen) atoms. The highest BCUT2D eigenvalue weighted by molar-refractivity contribution is 5.71. The normalized spacial score (nSPS) is 44.8. The zero-order valence-electron chi connectivity index (χ0n) is 38.4. The second-order valence-corrected chi connectivity index (χ2v) is 18.2. The van der Waals surface area contributed by atoms with Gasteiger partial charge in [0.1, 0.15) is 18.1 Å². The molecule has 0 radical (unpaired) electrons. The summed E-state index contributed by atoms with van der Waals surface area (Å²) in [5.74, 6) is -5.36. The smallest absolute Gasteiger partial charge is 0.311 e. The van der Waals surface area contributed by atoms with Crippen molar-refractivity contribution in [3.63, 3.8) is 0 Å². The number of ether oxygens (including phenoxy) is 4. The summed E-state index contributed by atoms with van der Waals surface area (Å²) in [5.41, 5.74) is 6.28. The molecule has 2 bridgehead atoms. The number of nitrogens with two attached hydrogens (primary N) is 1. The average molecular weight is 904 g/mol. The minimum absolute atomic E-state index is 0.00261. The number of aliphatic hydroxyl groups excluding tert-OH is 6. The molecule has 5 unspecified atom stereocenters. The topological polar surface area (TPSA) is 259 Å². The quantitative estimate of drug-likeness (QED) is 0.179. The Kier molecular flexibility index (Phi) is 23.5. The highest BCUT2D eigenvalue weighted by Crippen LogP contribution is 2.38. The van der Waals surface area contributed by atoms with Crippen LogP contribution in [0.5, 0.6) is 0 Å². The molecule has 0 saturated carbocycles. The van der Waals surface area contributed by atoms with Crippen molar-refractivity contribution in [2.45, 2.75) is 178 Å².